The summed E-state index contributed by atoms with van der Waals surface area (Å²) in [7, 11) is 0. The van der Waals surface area contributed by atoms with Crippen LogP contribution in [0.25, 0.3) is 0 Å². The number of esters is 1. The first-order valence-electron chi connectivity index (χ1n) is 11.6. The highest BCUT2D eigenvalue weighted by molar-refractivity contribution is 6.06. The number of aliphatic imine (C=N–C) groups is 1. The van der Waals surface area contributed by atoms with Gasteiger partial charge in [0.2, 0.25) is 0 Å². The van der Waals surface area contributed by atoms with Gasteiger partial charge in [0.1, 0.15) is 17.6 Å². The van der Waals surface area contributed by atoms with Gasteiger partial charge in [0.05, 0.1) is 19.8 Å². The van der Waals surface area contributed by atoms with E-state index in [1.165, 1.54) is 48.5 Å². The van der Waals surface area contributed by atoms with Crippen molar-refractivity contribution in [3.05, 3.63) is 65.2 Å². The van der Waals surface area contributed by atoms with Gasteiger partial charge in [-0.15, -0.1) is 0 Å². The van der Waals surface area contributed by atoms with Gasteiger partial charge in [-0.3, -0.25) is 9.59 Å². The average molecular weight is 514 g/mol. The Kier molecular flexibility index (Phi) is 11.2. The summed E-state index contributed by atoms with van der Waals surface area (Å²) >= 11 is 0. The first kappa shape index (κ1) is 29.0. The molecule has 2 amide bonds. The second-order valence-electron chi connectivity index (χ2n) is 8.24. The molecule has 0 radical (unpaired) electrons. The molecule has 2 aromatic rings. The molecule has 0 fully saturated rings. The first-order chi connectivity index (χ1) is 17.6. The predicted molar refractivity (Wildman–Crippen MR) is 135 cm³/mol. The number of benzene rings is 2. The van der Waals surface area contributed by atoms with Crippen LogP contribution in [0.1, 0.15) is 47.1 Å². The van der Waals surface area contributed by atoms with Crippen molar-refractivity contribution in [2.24, 2.45) is 16.6 Å². The number of hydrogen-bond acceptors (Lipinski definition) is 8. The lowest BCUT2D eigenvalue weighted by atomic mass is 10.0. The van der Waals surface area contributed by atoms with Crippen LogP contribution in [0.4, 0.5) is 4.79 Å². The van der Waals surface area contributed by atoms with Crippen molar-refractivity contribution >= 4 is 29.6 Å². The van der Waals surface area contributed by atoms with Gasteiger partial charge in [-0.1, -0.05) is 26.0 Å². The van der Waals surface area contributed by atoms with E-state index in [0.29, 0.717) is 11.3 Å². The van der Waals surface area contributed by atoms with E-state index in [2.05, 4.69) is 10.3 Å². The minimum absolute atomic E-state index is 0.0705. The smallest absolute Gasteiger partial charge is 0.435 e. The van der Waals surface area contributed by atoms with Gasteiger partial charge < -0.3 is 30.4 Å². The van der Waals surface area contributed by atoms with E-state index in [1.54, 1.807) is 6.92 Å². The SMILES string of the molecule is CCOC(=O)COc1ccc(C(=O)C(CO)NC(=O)c2ccc(/C(N)=N\C(=O)OCC(C)C)cc2)cc1. The van der Waals surface area contributed by atoms with Gasteiger partial charge in [-0.25, -0.2) is 9.59 Å². The van der Waals surface area contributed by atoms with Crippen molar-refractivity contribution < 1.29 is 38.5 Å². The van der Waals surface area contributed by atoms with E-state index in [1.807, 2.05) is 13.8 Å². The number of rotatable bonds is 12. The molecule has 37 heavy (non-hydrogen) atoms. The minimum Gasteiger partial charge on any atom is -0.482 e. The number of aliphatic hydroxyl groups excluding tert-OH is 1. The topological polar surface area (TPSA) is 167 Å². The largest absolute Gasteiger partial charge is 0.482 e. The van der Waals surface area contributed by atoms with Crippen LogP contribution in [-0.4, -0.2) is 67.2 Å². The molecule has 1 unspecified atom stereocenters. The summed E-state index contributed by atoms with van der Waals surface area (Å²) in [6.45, 7) is 5.03. The zero-order valence-corrected chi connectivity index (χ0v) is 20.9. The van der Waals surface area contributed by atoms with Crippen molar-refractivity contribution in [2.75, 3.05) is 26.4 Å². The Morgan fingerprint density at radius 2 is 1.54 bits per heavy atom. The standard InChI is InChI=1S/C26H31N3O8/c1-4-35-22(31)15-36-20-11-9-17(10-12-20)23(32)21(13-30)28-25(33)19-7-5-18(6-8-19)24(27)29-26(34)37-14-16(2)3/h5-12,16,21,30H,4,13-15H2,1-3H3,(H,28,33)(H2,27,29,34). The number of hydrogen-bond donors (Lipinski definition) is 3. The Hall–Kier alpha value is -4.25. The predicted octanol–water partition coefficient (Wildman–Crippen LogP) is 2.10. The molecule has 4 N–H and O–H groups in total. The molecule has 0 bridgehead atoms. The van der Waals surface area contributed by atoms with Gasteiger partial charge >= 0.3 is 12.1 Å². The van der Waals surface area contributed by atoms with Gasteiger partial charge in [0.25, 0.3) is 5.91 Å². The van der Waals surface area contributed by atoms with Crippen LogP contribution < -0.4 is 15.8 Å². The Balaban J connectivity index is 1.99. The number of carbonyl (C=O) groups excluding carboxylic acids is 4. The number of carbonyl (C=O) groups is 4. The van der Waals surface area contributed by atoms with E-state index < -0.39 is 36.4 Å². The number of Topliss-reactive ketones (excluding diaryl/α,β-unsaturated/α-hetero) is 1. The summed E-state index contributed by atoms with van der Waals surface area (Å²) < 4.78 is 15.0. The number of nitrogens with zero attached hydrogens (tertiary/aromatic N) is 1. The number of ether oxygens (including phenoxy) is 3. The Morgan fingerprint density at radius 1 is 0.946 bits per heavy atom. The van der Waals surface area contributed by atoms with E-state index in [4.69, 9.17) is 19.9 Å². The second-order valence-corrected chi connectivity index (χ2v) is 8.24. The number of amides is 2. The fourth-order valence-electron chi connectivity index (χ4n) is 2.92. The quantitative estimate of drug-likeness (QED) is 0.167. The summed E-state index contributed by atoms with van der Waals surface area (Å²) in [6, 6.07) is 10.6. The van der Waals surface area contributed by atoms with Crippen LogP contribution in [0.2, 0.25) is 0 Å². The van der Waals surface area contributed by atoms with Crippen molar-refractivity contribution in [3.8, 4) is 5.75 Å². The molecule has 11 nitrogen and oxygen atoms in total. The van der Waals surface area contributed by atoms with E-state index in [0.717, 1.165) is 0 Å². The van der Waals surface area contributed by atoms with Crippen LogP contribution in [0.5, 0.6) is 5.75 Å². The van der Waals surface area contributed by atoms with Gasteiger partial charge in [-0.05, 0) is 49.2 Å². The highest BCUT2D eigenvalue weighted by Gasteiger charge is 2.22. The van der Waals surface area contributed by atoms with Crippen LogP contribution in [0.15, 0.2) is 53.5 Å². The third-order valence-electron chi connectivity index (χ3n) is 4.80. The molecule has 0 aliphatic rings. The fourth-order valence-corrected chi connectivity index (χ4v) is 2.92. The first-order valence-corrected chi connectivity index (χ1v) is 11.6. The third kappa shape index (κ3) is 9.37. The fraction of sp³-hybridized carbons (Fsp3) is 0.346. The van der Waals surface area contributed by atoms with Crippen LogP contribution in [-0.2, 0) is 14.3 Å². The number of ketones is 1. The monoisotopic (exact) mass is 513 g/mol. The van der Waals surface area contributed by atoms with Crippen LogP contribution in [0, 0.1) is 5.92 Å². The lowest BCUT2D eigenvalue weighted by Gasteiger charge is -2.16. The zero-order chi connectivity index (χ0) is 27.4. The summed E-state index contributed by atoms with van der Waals surface area (Å²) in [5, 5.41) is 12.2. The highest BCUT2D eigenvalue weighted by Crippen LogP contribution is 2.14. The van der Waals surface area contributed by atoms with Crippen molar-refractivity contribution in [1.29, 1.82) is 0 Å². The Morgan fingerprint density at radius 3 is 2.11 bits per heavy atom. The van der Waals surface area contributed by atoms with Crippen molar-refractivity contribution in [1.82, 2.24) is 5.32 Å². The van der Waals surface area contributed by atoms with E-state index in [9.17, 15) is 24.3 Å². The third-order valence-corrected chi connectivity index (χ3v) is 4.80. The number of nitrogens with two attached hydrogens (primary N) is 1. The maximum absolute atomic E-state index is 12.8. The molecule has 0 saturated carbocycles. The molecule has 2 aromatic carbocycles. The molecule has 11 heteroatoms. The molecule has 1 atom stereocenters. The normalized spacial score (nSPS) is 12.0. The molecule has 0 saturated heterocycles. The molecular weight excluding hydrogens is 482 g/mol. The van der Waals surface area contributed by atoms with E-state index in [-0.39, 0.29) is 42.7 Å². The summed E-state index contributed by atoms with van der Waals surface area (Å²) in [6.07, 6.45) is -0.809. The lowest BCUT2D eigenvalue weighted by Crippen LogP contribution is -2.43. The lowest BCUT2D eigenvalue weighted by molar-refractivity contribution is -0.145. The van der Waals surface area contributed by atoms with Gasteiger partial charge in [0, 0.05) is 16.7 Å². The molecule has 0 aliphatic heterocycles. The molecule has 0 spiro atoms. The maximum Gasteiger partial charge on any atom is 0.435 e. The molecule has 0 heterocycles. The number of amidine groups is 1. The maximum atomic E-state index is 12.8. The summed E-state index contributed by atoms with van der Waals surface area (Å²) in [5.41, 5.74) is 6.66. The molecule has 2 rings (SSSR count). The molecule has 0 aromatic heterocycles. The van der Waals surface area contributed by atoms with E-state index >= 15 is 0 Å². The summed E-state index contributed by atoms with van der Waals surface area (Å²) in [4.78, 5) is 52.2. The number of nitrogens with one attached hydrogen (secondary N) is 1. The zero-order valence-electron chi connectivity index (χ0n) is 20.9. The molecular formula is C26H31N3O8. The average Bonchev–Trinajstić information content (AvgIpc) is 2.89. The Bertz CT molecular complexity index is 1110. The van der Waals surface area contributed by atoms with Gasteiger partial charge in [0.15, 0.2) is 12.4 Å². The summed E-state index contributed by atoms with van der Waals surface area (Å²) in [5.74, 6) is -1.19. The molecule has 0 aliphatic carbocycles. The number of aliphatic hydroxyl groups is 1. The van der Waals surface area contributed by atoms with Crippen molar-refractivity contribution in [3.63, 3.8) is 0 Å². The minimum atomic E-state index is -1.19. The van der Waals surface area contributed by atoms with Crippen molar-refractivity contribution in [2.45, 2.75) is 26.8 Å². The second kappa shape index (κ2) is 14.3. The van der Waals surface area contributed by atoms with Crippen LogP contribution >= 0.6 is 0 Å². The van der Waals surface area contributed by atoms with Crippen LogP contribution in [0.3, 0.4) is 0 Å². The highest BCUT2D eigenvalue weighted by atomic mass is 16.6. The molecule has 198 valence electrons. The van der Waals surface area contributed by atoms with Gasteiger partial charge in [-0.2, -0.15) is 4.99 Å². The Labute approximate surface area is 214 Å².